The van der Waals surface area contributed by atoms with Crippen LogP contribution in [-0.4, -0.2) is 31.6 Å². The molecule has 3 rings (SSSR count). The van der Waals surface area contributed by atoms with Crippen molar-refractivity contribution in [2.24, 2.45) is 0 Å². The van der Waals surface area contributed by atoms with E-state index in [1.165, 1.54) is 24.0 Å². The van der Waals surface area contributed by atoms with Crippen molar-refractivity contribution in [2.75, 3.05) is 19.8 Å². The van der Waals surface area contributed by atoms with E-state index in [2.05, 4.69) is 23.3 Å². The molecule has 1 aliphatic rings. The Hall–Kier alpha value is -2.99. The second kappa shape index (κ2) is 11.4. The number of nitrogens with one attached hydrogen (secondary N) is 2. The molecule has 164 valence electrons. The van der Waals surface area contributed by atoms with E-state index in [0.29, 0.717) is 35.2 Å². The van der Waals surface area contributed by atoms with Gasteiger partial charge < -0.3 is 20.1 Å². The standard InChI is InChI=1S/C24H27ClN2O4/c1-17(12-13-26-23(28)15-30-21-10-7-20(25)8-11-21)27-24(29)16-31-22-9-6-18-4-2-3-5-19(18)14-22/h6-11,14H,1-5,12-13,15-16H2,(H,26,28)(H,27,29). The number of rotatable bonds is 10. The van der Waals surface area contributed by atoms with Gasteiger partial charge >= 0.3 is 0 Å². The van der Waals surface area contributed by atoms with E-state index < -0.39 is 0 Å². The third-order valence-electron chi connectivity index (χ3n) is 4.94. The molecule has 0 atom stereocenters. The lowest BCUT2D eigenvalue weighted by Crippen LogP contribution is -2.32. The number of hydrogen-bond acceptors (Lipinski definition) is 4. The first-order chi connectivity index (χ1) is 15.0. The molecule has 0 saturated carbocycles. The summed E-state index contributed by atoms with van der Waals surface area (Å²) in [5, 5.41) is 6.02. The van der Waals surface area contributed by atoms with E-state index >= 15 is 0 Å². The summed E-state index contributed by atoms with van der Waals surface area (Å²) in [6, 6.07) is 12.8. The highest BCUT2D eigenvalue weighted by Gasteiger charge is 2.11. The summed E-state index contributed by atoms with van der Waals surface area (Å²) in [5.74, 6) is 0.731. The van der Waals surface area contributed by atoms with E-state index in [9.17, 15) is 9.59 Å². The molecular weight excluding hydrogens is 416 g/mol. The summed E-state index contributed by atoms with van der Waals surface area (Å²) in [6.07, 6.45) is 5.01. The van der Waals surface area contributed by atoms with Crippen LogP contribution in [0.5, 0.6) is 11.5 Å². The Morgan fingerprint density at radius 2 is 1.55 bits per heavy atom. The summed E-state index contributed by atoms with van der Waals surface area (Å²) < 4.78 is 11.0. The normalized spacial score (nSPS) is 12.4. The molecule has 0 unspecified atom stereocenters. The summed E-state index contributed by atoms with van der Waals surface area (Å²) >= 11 is 5.80. The molecule has 0 radical (unpaired) electrons. The minimum atomic E-state index is -0.278. The first-order valence-electron chi connectivity index (χ1n) is 10.4. The van der Waals surface area contributed by atoms with E-state index in [0.717, 1.165) is 12.8 Å². The predicted molar refractivity (Wildman–Crippen MR) is 120 cm³/mol. The minimum absolute atomic E-state index is 0.0842. The zero-order chi connectivity index (χ0) is 22.1. The highest BCUT2D eigenvalue weighted by atomic mass is 35.5. The van der Waals surface area contributed by atoms with Crippen LogP contribution < -0.4 is 20.1 Å². The number of halogens is 1. The fourth-order valence-corrected chi connectivity index (χ4v) is 3.45. The quantitative estimate of drug-likeness (QED) is 0.586. The molecule has 0 saturated heterocycles. The van der Waals surface area contributed by atoms with Crippen molar-refractivity contribution in [3.8, 4) is 11.5 Å². The lowest BCUT2D eigenvalue weighted by Gasteiger charge is -2.17. The predicted octanol–water partition coefficient (Wildman–Crippen LogP) is 3.81. The number of hydrogen-bond donors (Lipinski definition) is 2. The van der Waals surface area contributed by atoms with Gasteiger partial charge in [0.25, 0.3) is 11.8 Å². The van der Waals surface area contributed by atoms with Crippen molar-refractivity contribution < 1.29 is 19.1 Å². The molecule has 6 nitrogen and oxygen atoms in total. The van der Waals surface area contributed by atoms with Crippen molar-refractivity contribution in [2.45, 2.75) is 32.1 Å². The summed E-state index contributed by atoms with van der Waals surface area (Å²) in [7, 11) is 0. The van der Waals surface area contributed by atoms with Crippen LogP contribution in [0.4, 0.5) is 0 Å². The molecule has 2 N–H and O–H groups in total. The van der Waals surface area contributed by atoms with Crippen LogP contribution in [0.3, 0.4) is 0 Å². The number of benzene rings is 2. The Bertz CT molecular complexity index is 928. The van der Waals surface area contributed by atoms with E-state index in [4.69, 9.17) is 21.1 Å². The molecule has 31 heavy (non-hydrogen) atoms. The van der Waals surface area contributed by atoms with Gasteiger partial charge in [0, 0.05) is 23.7 Å². The van der Waals surface area contributed by atoms with E-state index in [1.54, 1.807) is 24.3 Å². The van der Waals surface area contributed by atoms with Gasteiger partial charge in [0.15, 0.2) is 13.2 Å². The monoisotopic (exact) mass is 442 g/mol. The number of fused-ring (bicyclic) bond motifs is 1. The molecule has 0 aliphatic heterocycles. The smallest absolute Gasteiger partial charge is 0.262 e. The first-order valence-corrected chi connectivity index (χ1v) is 10.7. The average molecular weight is 443 g/mol. The molecule has 0 spiro atoms. The van der Waals surface area contributed by atoms with Gasteiger partial charge in [-0.25, -0.2) is 0 Å². The first kappa shape index (κ1) is 22.7. The molecule has 0 fully saturated rings. The fraction of sp³-hybridized carbons (Fsp3) is 0.333. The largest absolute Gasteiger partial charge is 0.484 e. The SMILES string of the molecule is C=C(CCNC(=O)COc1ccc(Cl)cc1)NC(=O)COc1ccc2c(c1)CCCC2. The molecule has 0 bridgehead atoms. The Morgan fingerprint density at radius 3 is 2.32 bits per heavy atom. The maximum Gasteiger partial charge on any atom is 0.262 e. The lowest BCUT2D eigenvalue weighted by molar-refractivity contribution is -0.123. The summed E-state index contributed by atoms with van der Waals surface area (Å²) in [6.45, 7) is 3.98. The average Bonchev–Trinajstić information content (AvgIpc) is 2.77. The zero-order valence-corrected chi connectivity index (χ0v) is 18.2. The van der Waals surface area contributed by atoms with Crippen LogP contribution >= 0.6 is 11.6 Å². The van der Waals surface area contributed by atoms with E-state index in [-0.39, 0.29) is 25.0 Å². The van der Waals surface area contributed by atoms with Gasteiger partial charge in [-0.15, -0.1) is 0 Å². The van der Waals surface area contributed by atoms with Crippen LogP contribution in [0.1, 0.15) is 30.4 Å². The Labute approximate surface area is 187 Å². The summed E-state index contributed by atoms with van der Waals surface area (Å²) in [5.41, 5.74) is 3.19. The second-order valence-electron chi connectivity index (χ2n) is 7.42. The Balaban J connectivity index is 1.29. The molecule has 2 aromatic carbocycles. The van der Waals surface area contributed by atoms with Crippen LogP contribution in [0.15, 0.2) is 54.7 Å². The highest BCUT2D eigenvalue weighted by molar-refractivity contribution is 6.30. The highest BCUT2D eigenvalue weighted by Crippen LogP contribution is 2.25. The molecule has 0 aromatic heterocycles. The maximum absolute atomic E-state index is 12.1. The van der Waals surface area contributed by atoms with Crippen molar-refractivity contribution >= 4 is 23.4 Å². The van der Waals surface area contributed by atoms with Crippen LogP contribution in [-0.2, 0) is 22.4 Å². The fourth-order valence-electron chi connectivity index (χ4n) is 3.33. The van der Waals surface area contributed by atoms with E-state index in [1.807, 2.05) is 12.1 Å². The van der Waals surface area contributed by atoms with Gasteiger partial charge in [0.2, 0.25) is 0 Å². The van der Waals surface area contributed by atoms with Gasteiger partial charge in [-0.1, -0.05) is 24.2 Å². The van der Waals surface area contributed by atoms with Gasteiger partial charge in [-0.05, 0) is 73.2 Å². The van der Waals surface area contributed by atoms with Gasteiger partial charge in [-0.3, -0.25) is 9.59 Å². The van der Waals surface area contributed by atoms with Crippen molar-refractivity contribution in [1.29, 1.82) is 0 Å². The second-order valence-corrected chi connectivity index (χ2v) is 7.86. The lowest BCUT2D eigenvalue weighted by atomic mass is 9.92. The minimum Gasteiger partial charge on any atom is -0.484 e. The third-order valence-corrected chi connectivity index (χ3v) is 5.19. The molecule has 2 aromatic rings. The summed E-state index contributed by atoms with van der Waals surface area (Å²) in [4.78, 5) is 23.9. The van der Waals surface area contributed by atoms with Crippen LogP contribution in [0, 0.1) is 0 Å². The van der Waals surface area contributed by atoms with Crippen molar-refractivity contribution in [1.82, 2.24) is 10.6 Å². The molecular formula is C24H27ClN2O4. The Kier molecular flexibility index (Phi) is 8.35. The third kappa shape index (κ3) is 7.64. The zero-order valence-electron chi connectivity index (χ0n) is 17.4. The maximum atomic E-state index is 12.1. The van der Waals surface area contributed by atoms with Crippen LogP contribution in [0.2, 0.25) is 5.02 Å². The Morgan fingerprint density at radius 1 is 0.903 bits per heavy atom. The van der Waals surface area contributed by atoms with Crippen molar-refractivity contribution in [3.63, 3.8) is 0 Å². The topological polar surface area (TPSA) is 76.7 Å². The van der Waals surface area contributed by atoms with Gasteiger partial charge in [0.05, 0.1) is 0 Å². The molecule has 1 aliphatic carbocycles. The van der Waals surface area contributed by atoms with Gasteiger partial charge in [0.1, 0.15) is 11.5 Å². The molecule has 0 heterocycles. The number of carbonyl (C=O) groups excluding carboxylic acids is 2. The number of carbonyl (C=O) groups is 2. The molecule has 7 heteroatoms. The number of amides is 2. The molecule has 2 amide bonds. The number of ether oxygens (including phenoxy) is 2. The van der Waals surface area contributed by atoms with Crippen LogP contribution in [0.25, 0.3) is 0 Å². The van der Waals surface area contributed by atoms with Crippen molar-refractivity contribution in [3.05, 3.63) is 70.9 Å². The number of aryl methyl sites for hydroxylation is 2. The van der Waals surface area contributed by atoms with Gasteiger partial charge in [-0.2, -0.15) is 0 Å².